The van der Waals surface area contributed by atoms with Crippen molar-refractivity contribution in [1.29, 1.82) is 0 Å². The standard InChI is InChI=1S/C13H20ClN3O/c1-4-18-10-7-9(13(10,2)3)16-12-8(15)5-6-11(14)17-12/h5-6,9-10H,4,7,15H2,1-3H3,(H,16,17). The second-order valence-corrected chi connectivity index (χ2v) is 5.66. The number of aromatic nitrogens is 1. The predicted molar refractivity (Wildman–Crippen MR) is 74.9 cm³/mol. The lowest BCUT2D eigenvalue weighted by molar-refractivity contribution is -0.0976. The van der Waals surface area contributed by atoms with E-state index in [-0.39, 0.29) is 5.41 Å². The van der Waals surface area contributed by atoms with Crippen molar-refractivity contribution in [3.8, 4) is 0 Å². The maximum absolute atomic E-state index is 5.88. The summed E-state index contributed by atoms with van der Waals surface area (Å²) in [5.74, 6) is 0.663. The summed E-state index contributed by atoms with van der Waals surface area (Å²) in [6.45, 7) is 7.15. The highest BCUT2D eigenvalue weighted by Crippen LogP contribution is 2.44. The highest BCUT2D eigenvalue weighted by atomic mass is 35.5. The largest absolute Gasteiger partial charge is 0.396 e. The van der Waals surface area contributed by atoms with Crippen molar-refractivity contribution in [2.24, 2.45) is 5.41 Å². The maximum atomic E-state index is 5.88. The van der Waals surface area contributed by atoms with E-state index in [1.54, 1.807) is 12.1 Å². The van der Waals surface area contributed by atoms with Crippen LogP contribution in [-0.4, -0.2) is 23.7 Å². The average Bonchev–Trinajstić information content (AvgIpc) is 2.32. The molecule has 5 heteroatoms. The van der Waals surface area contributed by atoms with Crippen LogP contribution < -0.4 is 11.1 Å². The summed E-state index contributed by atoms with van der Waals surface area (Å²) in [4.78, 5) is 4.22. The summed E-state index contributed by atoms with van der Waals surface area (Å²) in [5.41, 5.74) is 6.58. The first-order valence-electron chi connectivity index (χ1n) is 6.25. The fourth-order valence-electron chi connectivity index (χ4n) is 2.34. The van der Waals surface area contributed by atoms with Crippen LogP contribution in [0.3, 0.4) is 0 Å². The molecule has 1 aromatic rings. The number of nitrogens with zero attached hydrogens (tertiary/aromatic N) is 1. The van der Waals surface area contributed by atoms with E-state index in [4.69, 9.17) is 22.1 Å². The third-order valence-electron chi connectivity index (χ3n) is 3.75. The van der Waals surface area contributed by atoms with Gasteiger partial charge >= 0.3 is 0 Å². The molecular weight excluding hydrogens is 250 g/mol. The van der Waals surface area contributed by atoms with Gasteiger partial charge in [-0.3, -0.25) is 0 Å². The van der Waals surface area contributed by atoms with Crippen molar-refractivity contribution >= 4 is 23.1 Å². The summed E-state index contributed by atoms with van der Waals surface area (Å²) < 4.78 is 5.70. The Morgan fingerprint density at radius 3 is 2.89 bits per heavy atom. The summed E-state index contributed by atoms with van der Waals surface area (Å²) in [7, 11) is 0. The first-order valence-corrected chi connectivity index (χ1v) is 6.63. The van der Waals surface area contributed by atoms with Crippen molar-refractivity contribution in [1.82, 2.24) is 4.98 Å². The molecule has 0 bridgehead atoms. The minimum atomic E-state index is 0.0758. The van der Waals surface area contributed by atoms with Crippen LogP contribution >= 0.6 is 11.6 Å². The molecular formula is C13H20ClN3O. The summed E-state index contributed by atoms with van der Waals surface area (Å²) in [6.07, 6.45) is 1.26. The van der Waals surface area contributed by atoms with Gasteiger partial charge in [0.2, 0.25) is 0 Å². The average molecular weight is 270 g/mol. The highest BCUT2D eigenvalue weighted by molar-refractivity contribution is 6.29. The number of nitrogen functional groups attached to an aromatic ring is 1. The van der Waals surface area contributed by atoms with Gasteiger partial charge in [0.1, 0.15) is 5.15 Å². The van der Waals surface area contributed by atoms with E-state index in [2.05, 4.69) is 24.1 Å². The molecule has 1 aliphatic rings. The van der Waals surface area contributed by atoms with Crippen LogP contribution in [-0.2, 0) is 4.74 Å². The van der Waals surface area contributed by atoms with Gasteiger partial charge in [-0.25, -0.2) is 4.98 Å². The lowest BCUT2D eigenvalue weighted by Gasteiger charge is -2.51. The van der Waals surface area contributed by atoms with Gasteiger partial charge in [0, 0.05) is 18.1 Å². The van der Waals surface area contributed by atoms with Gasteiger partial charge in [-0.05, 0) is 25.5 Å². The van der Waals surface area contributed by atoms with Crippen LogP contribution in [0.1, 0.15) is 27.2 Å². The normalized spacial score (nSPS) is 25.6. The minimum Gasteiger partial charge on any atom is -0.396 e. The summed E-state index contributed by atoms with van der Waals surface area (Å²) in [5, 5.41) is 3.81. The van der Waals surface area contributed by atoms with Gasteiger partial charge in [0.05, 0.1) is 11.8 Å². The number of anilines is 2. The SMILES string of the molecule is CCOC1CC(Nc2nc(Cl)ccc2N)C1(C)C. The molecule has 0 amide bonds. The first kappa shape index (κ1) is 13.4. The zero-order chi connectivity index (χ0) is 13.3. The van der Waals surface area contributed by atoms with Gasteiger partial charge in [-0.1, -0.05) is 25.4 Å². The van der Waals surface area contributed by atoms with E-state index >= 15 is 0 Å². The Kier molecular flexibility index (Phi) is 3.69. The van der Waals surface area contributed by atoms with Crippen LogP contribution in [0.5, 0.6) is 0 Å². The molecule has 3 N–H and O–H groups in total. The Balaban J connectivity index is 2.05. The van der Waals surface area contributed by atoms with Crippen molar-refractivity contribution < 1.29 is 4.74 Å². The molecule has 0 aromatic carbocycles. The molecule has 1 aromatic heterocycles. The Bertz CT molecular complexity index is 436. The molecule has 1 heterocycles. The molecule has 2 unspecified atom stereocenters. The van der Waals surface area contributed by atoms with Gasteiger partial charge in [-0.15, -0.1) is 0 Å². The van der Waals surface area contributed by atoms with Crippen LogP contribution in [0.15, 0.2) is 12.1 Å². The monoisotopic (exact) mass is 269 g/mol. The highest BCUT2D eigenvalue weighted by Gasteiger charge is 2.49. The van der Waals surface area contributed by atoms with E-state index in [1.807, 2.05) is 6.92 Å². The van der Waals surface area contributed by atoms with Crippen LogP contribution in [0.25, 0.3) is 0 Å². The first-order chi connectivity index (χ1) is 8.45. The molecule has 1 fully saturated rings. The van der Waals surface area contributed by atoms with Gasteiger partial charge in [0.15, 0.2) is 5.82 Å². The Hall–Kier alpha value is -1.00. The molecule has 2 rings (SSSR count). The third-order valence-corrected chi connectivity index (χ3v) is 3.96. The van der Waals surface area contributed by atoms with Crippen molar-refractivity contribution in [2.45, 2.75) is 39.3 Å². The number of hydrogen-bond acceptors (Lipinski definition) is 4. The number of ether oxygens (including phenoxy) is 1. The number of halogens is 1. The molecule has 2 atom stereocenters. The van der Waals surface area contributed by atoms with E-state index in [1.165, 1.54) is 0 Å². The molecule has 4 nitrogen and oxygen atoms in total. The Morgan fingerprint density at radius 1 is 1.56 bits per heavy atom. The summed E-state index contributed by atoms with van der Waals surface area (Å²) in [6, 6.07) is 3.77. The Morgan fingerprint density at radius 2 is 2.28 bits per heavy atom. The fraction of sp³-hybridized carbons (Fsp3) is 0.615. The number of nitrogens with one attached hydrogen (secondary N) is 1. The number of hydrogen-bond donors (Lipinski definition) is 2. The number of nitrogens with two attached hydrogens (primary N) is 1. The lowest BCUT2D eigenvalue weighted by atomic mass is 9.64. The zero-order valence-electron chi connectivity index (χ0n) is 11.0. The van der Waals surface area contributed by atoms with Crippen LogP contribution in [0.2, 0.25) is 5.15 Å². The smallest absolute Gasteiger partial charge is 0.151 e. The molecule has 18 heavy (non-hydrogen) atoms. The van der Waals surface area contributed by atoms with E-state index in [9.17, 15) is 0 Å². The second kappa shape index (κ2) is 4.94. The fourth-order valence-corrected chi connectivity index (χ4v) is 2.49. The molecule has 1 saturated carbocycles. The minimum absolute atomic E-state index is 0.0758. The van der Waals surface area contributed by atoms with Gasteiger partial charge in [0.25, 0.3) is 0 Å². The number of pyridine rings is 1. The van der Waals surface area contributed by atoms with Crippen molar-refractivity contribution in [3.05, 3.63) is 17.3 Å². The lowest BCUT2D eigenvalue weighted by Crippen LogP contribution is -2.58. The topological polar surface area (TPSA) is 60.2 Å². The van der Waals surface area contributed by atoms with Gasteiger partial charge < -0.3 is 15.8 Å². The number of rotatable bonds is 4. The third kappa shape index (κ3) is 2.40. The zero-order valence-corrected chi connectivity index (χ0v) is 11.8. The van der Waals surface area contributed by atoms with E-state index in [0.29, 0.717) is 28.8 Å². The molecule has 0 radical (unpaired) electrons. The van der Waals surface area contributed by atoms with E-state index < -0.39 is 0 Å². The van der Waals surface area contributed by atoms with Crippen molar-refractivity contribution in [3.63, 3.8) is 0 Å². The van der Waals surface area contributed by atoms with E-state index in [0.717, 1.165) is 13.0 Å². The van der Waals surface area contributed by atoms with Crippen LogP contribution in [0.4, 0.5) is 11.5 Å². The quantitative estimate of drug-likeness (QED) is 0.825. The molecule has 0 saturated heterocycles. The predicted octanol–water partition coefficient (Wildman–Crippen LogP) is 2.93. The maximum Gasteiger partial charge on any atom is 0.151 e. The summed E-state index contributed by atoms with van der Waals surface area (Å²) >= 11 is 5.88. The molecule has 0 spiro atoms. The molecule has 1 aliphatic carbocycles. The van der Waals surface area contributed by atoms with Crippen molar-refractivity contribution in [2.75, 3.05) is 17.7 Å². The second-order valence-electron chi connectivity index (χ2n) is 5.27. The Labute approximate surface area is 113 Å². The van der Waals surface area contributed by atoms with Crippen LogP contribution in [0, 0.1) is 5.41 Å². The molecule has 0 aliphatic heterocycles. The van der Waals surface area contributed by atoms with Gasteiger partial charge in [-0.2, -0.15) is 0 Å². The molecule has 100 valence electrons.